The lowest BCUT2D eigenvalue weighted by Gasteiger charge is -2.18. The second kappa shape index (κ2) is 2.94. The molecule has 0 saturated carbocycles. The Bertz CT molecular complexity index is 273. The van der Waals surface area contributed by atoms with Crippen LogP contribution in [0, 0.1) is 0 Å². The van der Waals surface area contributed by atoms with Crippen molar-refractivity contribution in [2.24, 2.45) is 0 Å². The van der Waals surface area contributed by atoms with E-state index in [1.807, 2.05) is 0 Å². The molecule has 66 valence electrons. The van der Waals surface area contributed by atoms with Crippen molar-refractivity contribution in [1.82, 2.24) is 9.88 Å². The molecule has 1 aliphatic heterocycles. The van der Waals surface area contributed by atoms with E-state index in [4.69, 9.17) is 0 Å². The van der Waals surface area contributed by atoms with Gasteiger partial charge in [0.2, 0.25) is 0 Å². The topological polar surface area (TPSA) is 17.0 Å². The molecule has 0 atom stereocenters. The summed E-state index contributed by atoms with van der Waals surface area (Å²) in [6, 6.07) is 2.84. The fourth-order valence-electron chi connectivity index (χ4n) is 1.89. The summed E-state index contributed by atoms with van der Waals surface area (Å²) in [7, 11) is 0. The minimum absolute atomic E-state index is 0.604. The van der Waals surface area contributed by atoms with Crippen molar-refractivity contribution < 1.29 is 0 Å². The zero-order chi connectivity index (χ0) is 8.55. The van der Waals surface area contributed by atoms with Gasteiger partial charge < -0.3 is 9.88 Å². The van der Waals surface area contributed by atoms with Crippen LogP contribution in [-0.4, -0.2) is 11.1 Å². The molecule has 1 aromatic rings. The lowest BCUT2D eigenvalue weighted by atomic mass is 10.1. The van der Waals surface area contributed by atoms with E-state index in [-0.39, 0.29) is 0 Å². The number of nitrogens with one attached hydrogen (secondary N) is 1. The average Bonchev–Trinajstić information content (AvgIpc) is 2.47. The van der Waals surface area contributed by atoms with Crippen LogP contribution >= 0.6 is 0 Å². The van der Waals surface area contributed by atoms with Gasteiger partial charge in [0.15, 0.2) is 0 Å². The zero-order valence-electron chi connectivity index (χ0n) is 7.80. The van der Waals surface area contributed by atoms with Gasteiger partial charge in [-0.05, 0) is 25.5 Å². The van der Waals surface area contributed by atoms with Gasteiger partial charge in [0.05, 0.1) is 0 Å². The second-order valence-electron chi connectivity index (χ2n) is 3.72. The van der Waals surface area contributed by atoms with E-state index in [0.717, 1.165) is 13.1 Å². The van der Waals surface area contributed by atoms with Gasteiger partial charge in [-0.15, -0.1) is 0 Å². The minimum atomic E-state index is 0.604. The number of fused-ring (bicyclic) bond motifs is 1. The average molecular weight is 164 g/mol. The molecule has 0 fully saturated rings. The molecule has 2 heteroatoms. The highest BCUT2D eigenvalue weighted by molar-refractivity contribution is 5.25. The van der Waals surface area contributed by atoms with Crippen molar-refractivity contribution in [2.75, 3.05) is 6.54 Å². The molecule has 1 aliphatic rings. The van der Waals surface area contributed by atoms with Gasteiger partial charge in [-0.1, -0.05) is 0 Å². The number of rotatable bonds is 1. The van der Waals surface area contributed by atoms with E-state index < -0.39 is 0 Å². The maximum absolute atomic E-state index is 3.38. The molecule has 0 amide bonds. The van der Waals surface area contributed by atoms with Crippen LogP contribution in [0.1, 0.15) is 31.1 Å². The first kappa shape index (κ1) is 7.87. The van der Waals surface area contributed by atoms with Crippen molar-refractivity contribution >= 4 is 0 Å². The van der Waals surface area contributed by atoms with Crippen molar-refractivity contribution in [3.63, 3.8) is 0 Å². The molecule has 0 radical (unpaired) electrons. The van der Waals surface area contributed by atoms with Crippen molar-refractivity contribution in [1.29, 1.82) is 0 Å². The normalized spacial score (nSPS) is 16.6. The quantitative estimate of drug-likeness (QED) is 0.668. The van der Waals surface area contributed by atoms with Crippen LogP contribution in [0.5, 0.6) is 0 Å². The Labute approximate surface area is 73.6 Å². The standard InChI is InChI=1S/C10H16N2/c1-8(2)12-6-4-9-7-11-5-3-10(9)12/h4,6,8,11H,3,5,7H2,1-2H3. The maximum atomic E-state index is 3.38. The summed E-state index contributed by atoms with van der Waals surface area (Å²) in [4.78, 5) is 0. The largest absolute Gasteiger partial charge is 0.349 e. The molecule has 2 heterocycles. The van der Waals surface area contributed by atoms with Crippen LogP contribution in [0.4, 0.5) is 0 Å². The van der Waals surface area contributed by atoms with E-state index >= 15 is 0 Å². The third kappa shape index (κ3) is 1.16. The predicted octanol–water partition coefficient (Wildman–Crippen LogP) is 1.71. The SMILES string of the molecule is CC(C)n1ccc2c1CCNC2. The molecule has 0 spiro atoms. The molecule has 1 N–H and O–H groups in total. The van der Waals surface area contributed by atoms with E-state index in [2.05, 4.69) is 36.0 Å². The monoisotopic (exact) mass is 164 g/mol. The Morgan fingerprint density at radius 3 is 3.08 bits per heavy atom. The van der Waals surface area contributed by atoms with Gasteiger partial charge in [-0.25, -0.2) is 0 Å². The van der Waals surface area contributed by atoms with Crippen LogP contribution in [-0.2, 0) is 13.0 Å². The first-order valence-corrected chi connectivity index (χ1v) is 4.68. The zero-order valence-corrected chi connectivity index (χ0v) is 7.80. The second-order valence-corrected chi connectivity index (χ2v) is 3.72. The van der Waals surface area contributed by atoms with Crippen LogP contribution in [0.25, 0.3) is 0 Å². The van der Waals surface area contributed by atoms with E-state index in [1.165, 1.54) is 17.7 Å². The first-order valence-electron chi connectivity index (χ1n) is 4.68. The fourth-order valence-corrected chi connectivity index (χ4v) is 1.89. The Morgan fingerprint density at radius 2 is 2.33 bits per heavy atom. The van der Waals surface area contributed by atoms with Crippen LogP contribution in [0.2, 0.25) is 0 Å². The molecule has 12 heavy (non-hydrogen) atoms. The van der Waals surface area contributed by atoms with Crippen LogP contribution in [0.3, 0.4) is 0 Å². The molecule has 0 bridgehead atoms. The molecule has 0 unspecified atom stereocenters. The molecule has 2 rings (SSSR count). The Kier molecular flexibility index (Phi) is 1.93. The highest BCUT2D eigenvalue weighted by Gasteiger charge is 2.13. The van der Waals surface area contributed by atoms with Crippen molar-refractivity contribution in [3.8, 4) is 0 Å². The third-order valence-electron chi connectivity index (χ3n) is 2.53. The molecule has 0 aliphatic carbocycles. The number of hydrogen-bond acceptors (Lipinski definition) is 1. The highest BCUT2D eigenvalue weighted by atomic mass is 15.0. The summed E-state index contributed by atoms with van der Waals surface area (Å²) in [5, 5.41) is 3.38. The Hall–Kier alpha value is -0.760. The van der Waals surface area contributed by atoms with Gasteiger partial charge in [0.1, 0.15) is 0 Å². The van der Waals surface area contributed by atoms with Gasteiger partial charge >= 0.3 is 0 Å². The minimum Gasteiger partial charge on any atom is -0.349 e. The number of aromatic nitrogens is 1. The summed E-state index contributed by atoms with van der Waals surface area (Å²) in [5.74, 6) is 0. The number of nitrogens with zero attached hydrogens (tertiary/aromatic N) is 1. The summed E-state index contributed by atoms with van der Waals surface area (Å²) in [5.41, 5.74) is 3.01. The lowest BCUT2D eigenvalue weighted by Crippen LogP contribution is -2.24. The molecule has 2 nitrogen and oxygen atoms in total. The molecule has 1 aromatic heterocycles. The van der Waals surface area contributed by atoms with E-state index in [9.17, 15) is 0 Å². The van der Waals surface area contributed by atoms with E-state index in [0.29, 0.717) is 6.04 Å². The van der Waals surface area contributed by atoms with Gasteiger partial charge in [0.25, 0.3) is 0 Å². The van der Waals surface area contributed by atoms with Crippen molar-refractivity contribution in [2.45, 2.75) is 32.9 Å². The van der Waals surface area contributed by atoms with E-state index in [1.54, 1.807) is 0 Å². The highest BCUT2D eigenvalue weighted by Crippen LogP contribution is 2.19. The molecule has 0 aromatic carbocycles. The summed E-state index contributed by atoms with van der Waals surface area (Å²) in [6.45, 7) is 6.66. The Morgan fingerprint density at radius 1 is 1.50 bits per heavy atom. The van der Waals surface area contributed by atoms with Gasteiger partial charge in [-0.2, -0.15) is 0 Å². The summed E-state index contributed by atoms with van der Waals surface area (Å²) >= 11 is 0. The molecular weight excluding hydrogens is 148 g/mol. The molecule has 0 saturated heterocycles. The Balaban J connectivity index is 2.38. The van der Waals surface area contributed by atoms with Crippen molar-refractivity contribution in [3.05, 3.63) is 23.5 Å². The third-order valence-corrected chi connectivity index (χ3v) is 2.53. The molecular formula is C10H16N2. The van der Waals surface area contributed by atoms with Crippen LogP contribution in [0.15, 0.2) is 12.3 Å². The predicted molar refractivity (Wildman–Crippen MR) is 50.2 cm³/mol. The number of hydrogen-bond donors (Lipinski definition) is 1. The lowest BCUT2D eigenvalue weighted by molar-refractivity contribution is 0.542. The maximum Gasteiger partial charge on any atom is 0.0276 e. The van der Waals surface area contributed by atoms with Gasteiger partial charge in [-0.3, -0.25) is 0 Å². The summed E-state index contributed by atoms with van der Waals surface area (Å²) in [6.07, 6.45) is 3.39. The first-order chi connectivity index (χ1) is 5.79. The van der Waals surface area contributed by atoms with Gasteiger partial charge in [0, 0.05) is 37.4 Å². The fraction of sp³-hybridized carbons (Fsp3) is 0.600. The van der Waals surface area contributed by atoms with Crippen LogP contribution < -0.4 is 5.32 Å². The summed E-state index contributed by atoms with van der Waals surface area (Å²) < 4.78 is 2.39. The smallest absolute Gasteiger partial charge is 0.0276 e.